The summed E-state index contributed by atoms with van der Waals surface area (Å²) in [6.07, 6.45) is 3.73. The molecule has 0 unspecified atom stereocenters. The number of piperidine rings is 1. The molecule has 0 radical (unpaired) electrons. The smallest absolute Gasteiger partial charge is 0.223 e. The van der Waals surface area contributed by atoms with Crippen molar-refractivity contribution in [3.63, 3.8) is 0 Å². The van der Waals surface area contributed by atoms with E-state index in [1.54, 1.807) is 0 Å². The van der Waals surface area contributed by atoms with Gasteiger partial charge < -0.3 is 15.2 Å². The van der Waals surface area contributed by atoms with Gasteiger partial charge in [0.1, 0.15) is 0 Å². The minimum atomic E-state index is 0. The molecule has 4 rings (SSSR count). The summed E-state index contributed by atoms with van der Waals surface area (Å²) >= 11 is 0. The molecule has 1 aliphatic rings. The van der Waals surface area contributed by atoms with E-state index in [1.807, 2.05) is 24.5 Å². The monoisotopic (exact) mass is 398 g/mol. The molecular formula is C22H27ClN4O. The maximum atomic E-state index is 12.4. The summed E-state index contributed by atoms with van der Waals surface area (Å²) in [5.74, 6) is 0.312. The van der Waals surface area contributed by atoms with Gasteiger partial charge >= 0.3 is 0 Å². The molecule has 0 saturated carbocycles. The van der Waals surface area contributed by atoms with E-state index in [4.69, 9.17) is 0 Å². The number of nitrogens with one attached hydrogen (secondary N) is 2. The van der Waals surface area contributed by atoms with Crippen LogP contribution in [0.25, 0.3) is 11.0 Å². The molecule has 2 atom stereocenters. The molecule has 0 aliphatic carbocycles. The zero-order valence-electron chi connectivity index (χ0n) is 16.1. The van der Waals surface area contributed by atoms with Crippen molar-refractivity contribution in [2.24, 2.45) is 5.92 Å². The fourth-order valence-corrected chi connectivity index (χ4v) is 3.80. The Hall–Kier alpha value is -2.37. The Morgan fingerprint density at radius 2 is 1.93 bits per heavy atom. The van der Waals surface area contributed by atoms with Crippen molar-refractivity contribution in [2.45, 2.75) is 38.9 Å². The van der Waals surface area contributed by atoms with Crippen LogP contribution < -0.4 is 10.6 Å². The predicted octanol–water partition coefficient (Wildman–Crippen LogP) is 3.51. The van der Waals surface area contributed by atoms with Gasteiger partial charge in [0.2, 0.25) is 5.91 Å². The van der Waals surface area contributed by atoms with Gasteiger partial charge in [-0.1, -0.05) is 36.4 Å². The molecule has 0 bridgehead atoms. The van der Waals surface area contributed by atoms with Crippen LogP contribution in [0.3, 0.4) is 0 Å². The van der Waals surface area contributed by atoms with Crippen molar-refractivity contribution in [1.82, 2.24) is 20.2 Å². The highest BCUT2D eigenvalue weighted by atomic mass is 35.5. The molecule has 1 amide bonds. The fraction of sp³-hybridized carbons (Fsp3) is 0.364. The fourth-order valence-electron chi connectivity index (χ4n) is 3.80. The standard InChI is InChI=1S/C22H26N4O.ClH/c1-16-12-19(10-11-23-16)22(27)24-13-17-6-8-18(9-7-17)14-26-15-25-20-4-2-3-5-21(20)26;/h2-9,15-16,19,23H,10-14H2,1H3,(H,24,27);1H/t16-,19-;/m0./s1. The van der Waals surface area contributed by atoms with E-state index in [9.17, 15) is 4.79 Å². The predicted molar refractivity (Wildman–Crippen MR) is 115 cm³/mol. The molecule has 2 aromatic carbocycles. The Morgan fingerprint density at radius 1 is 1.18 bits per heavy atom. The molecule has 2 N–H and O–H groups in total. The van der Waals surface area contributed by atoms with Crippen molar-refractivity contribution < 1.29 is 4.79 Å². The second kappa shape index (κ2) is 9.22. The molecule has 5 nitrogen and oxygen atoms in total. The highest BCUT2D eigenvalue weighted by Gasteiger charge is 2.24. The molecule has 28 heavy (non-hydrogen) atoms. The molecule has 1 saturated heterocycles. The van der Waals surface area contributed by atoms with Crippen molar-refractivity contribution in [1.29, 1.82) is 0 Å². The van der Waals surface area contributed by atoms with Gasteiger partial charge in [0.15, 0.2) is 0 Å². The van der Waals surface area contributed by atoms with Crippen LogP contribution >= 0.6 is 12.4 Å². The van der Waals surface area contributed by atoms with E-state index < -0.39 is 0 Å². The van der Waals surface area contributed by atoms with E-state index in [1.165, 1.54) is 5.56 Å². The Labute approximate surface area is 172 Å². The maximum absolute atomic E-state index is 12.4. The normalized spacial score (nSPS) is 19.2. The Kier molecular flexibility index (Phi) is 6.70. The van der Waals surface area contributed by atoms with Crippen LogP contribution in [0.2, 0.25) is 0 Å². The minimum absolute atomic E-state index is 0. The van der Waals surface area contributed by atoms with Gasteiger partial charge in [0, 0.05) is 25.0 Å². The summed E-state index contributed by atoms with van der Waals surface area (Å²) < 4.78 is 2.16. The summed E-state index contributed by atoms with van der Waals surface area (Å²) in [5, 5.41) is 6.49. The van der Waals surface area contributed by atoms with Crippen LogP contribution in [-0.2, 0) is 17.9 Å². The Bertz CT molecular complexity index is 922. The first-order valence-corrected chi connectivity index (χ1v) is 9.68. The van der Waals surface area contributed by atoms with Gasteiger partial charge in [-0.2, -0.15) is 0 Å². The Morgan fingerprint density at radius 3 is 2.71 bits per heavy atom. The topological polar surface area (TPSA) is 59.0 Å². The number of fused-ring (bicyclic) bond motifs is 1. The summed E-state index contributed by atoms with van der Waals surface area (Å²) in [7, 11) is 0. The molecular weight excluding hydrogens is 372 g/mol. The average Bonchev–Trinajstić information content (AvgIpc) is 3.10. The van der Waals surface area contributed by atoms with Crippen molar-refractivity contribution in [3.05, 3.63) is 66.0 Å². The Balaban J connectivity index is 0.00000225. The summed E-state index contributed by atoms with van der Waals surface area (Å²) in [6.45, 7) is 4.45. The highest BCUT2D eigenvalue weighted by molar-refractivity contribution is 5.85. The van der Waals surface area contributed by atoms with E-state index in [-0.39, 0.29) is 24.2 Å². The third kappa shape index (κ3) is 4.72. The summed E-state index contributed by atoms with van der Waals surface area (Å²) in [4.78, 5) is 16.8. The molecule has 0 spiro atoms. The van der Waals surface area contributed by atoms with Crippen LogP contribution in [0.15, 0.2) is 54.9 Å². The van der Waals surface area contributed by atoms with Crippen LogP contribution in [0, 0.1) is 5.92 Å². The van der Waals surface area contributed by atoms with Gasteiger partial charge in [-0.3, -0.25) is 4.79 Å². The molecule has 1 aliphatic heterocycles. The zero-order chi connectivity index (χ0) is 18.6. The number of carbonyl (C=O) groups is 1. The van der Waals surface area contributed by atoms with Gasteiger partial charge in [0.05, 0.1) is 17.4 Å². The molecule has 1 fully saturated rings. The van der Waals surface area contributed by atoms with E-state index in [2.05, 4.69) is 57.4 Å². The number of carbonyl (C=O) groups excluding carboxylic acids is 1. The van der Waals surface area contributed by atoms with E-state index in [0.717, 1.165) is 42.5 Å². The second-order valence-corrected chi connectivity index (χ2v) is 7.47. The molecule has 1 aromatic heterocycles. The number of aromatic nitrogens is 2. The summed E-state index contributed by atoms with van der Waals surface area (Å²) in [6, 6.07) is 17.0. The van der Waals surface area contributed by atoms with E-state index in [0.29, 0.717) is 12.6 Å². The van der Waals surface area contributed by atoms with Gasteiger partial charge in [-0.05, 0) is 49.6 Å². The quantitative estimate of drug-likeness (QED) is 0.691. The lowest BCUT2D eigenvalue weighted by molar-refractivity contribution is -0.126. The first kappa shape index (κ1) is 20.4. The first-order valence-electron chi connectivity index (χ1n) is 9.68. The van der Waals surface area contributed by atoms with Gasteiger partial charge in [-0.25, -0.2) is 4.98 Å². The van der Waals surface area contributed by atoms with Crippen LogP contribution in [0.1, 0.15) is 30.9 Å². The molecule has 148 valence electrons. The number of para-hydroxylation sites is 2. The lowest BCUT2D eigenvalue weighted by Crippen LogP contribution is -2.42. The third-order valence-electron chi connectivity index (χ3n) is 5.36. The summed E-state index contributed by atoms with van der Waals surface area (Å²) in [5.41, 5.74) is 4.51. The SMILES string of the molecule is C[C@H]1C[C@@H](C(=O)NCc2ccc(Cn3cnc4ccccc43)cc2)CCN1.Cl. The van der Waals surface area contributed by atoms with Crippen LogP contribution in [0.5, 0.6) is 0 Å². The van der Waals surface area contributed by atoms with Crippen molar-refractivity contribution >= 4 is 29.3 Å². The lowest BCUT2D eigenvalue weighted by atomic mass is 9.92. The largest absolute Gasteiger partial charge is 0.352 e. The molecule has 3 aromatic rings. The number of rotatable bonds is 5. The maximum Gasteiger partial charge on any atom is 0.223 e. The zero-order valence-corrected chi connectivity index (χ0v) is 16.9. The van der Waals surface area contributed by atoms with Gasteiger partial charge in [0.25, 0.3) is 0 Å². The van der Waals surface area contributed by atoms with E-state index >= 15 is 0 Å². The van der Waals surface area contributed by atoms with Crippen molar-refractivity contribution in [3.8, 4) is 0 Å². The minimum Gasteiger partial charge on any atom is -0.352 e. The second-order valence-electron chi connectivity index (χ2n) is 7.47. The average molecular weight is 399 g/mol. The highest BCUT2D eigenvalue weighted by Crippen LogP contribution is 2.17. The first-order chi connectivity index (χ1) is 13.2. The number of imidazole rings is 1. The number of amides is 1. The number of hydrogen-bond donors (Lipinski definition) is 2. The number of hydrogen-bond acceptors (Lipinski definition) is 3. The number of halogens is 1. The van der Waals surface area contributed by atoms with Crippen LogP contribution in [0.4, 0.5) is 0 Å². The molecule has 2 heterocycles. The number of benzene rings is 2. The third-order valence-corrected chi connectivity index (χ3v) is 5.36. The molecule has 6 heteroatoms. The van der Waals surface area contributed by atoms with Crippen molar-refractivity contribution in [2.75, 3.05) is 6.54 Å². The van der Waals surface area contributed by atoms with Gasteiger partial charge in [-0.15, -0.1) is 12.4 Å². The lowest BCUT2D eigenvalue weighted by Gasteiger charge is -2.27. The number of nitrogens with zero attached hydrogens (tertiary/aromatic N) is 2. The van der Waals surface area contributed by atoms with Crippen LogP contribution in [-0.4, -0.2) is 28.0 Å².